The van der Waals surface area contributed by atoms with E-state index in [1.807, 2.05) is 0 Å². The fraction of sp³-hybridized carbons (Fsp3) is 0.0625. The van der Waals surface area contributed by atoms with Crippen LogP contribution < -0.4 is 10.2 Å². The van der Waals surface area contributed by atoms with Gasteiger partial charge in [0.25, 0.3) is 0 Å². The molecule has 0 aliphatic carbocycles. The van der Waals surface area contributed by atoms with E-state index in [-0.39, 0.29) is 11.5 Å². The van der Waals surface area contributed by atoms with Crippen molar-refractivity contribution in [3.8, 4) is 17.2 Å². The maximum atomic E-state index is 14.0. The van der Waals surface area contributed by atoms with E-state index in [4.69, 9.17) is 9.47 Å². The first-order valence-corrected chi connectivity index (χ1v) is 6.06. The van der Waals surface area contributed by atoms with Gasteiger partial charge in [0.1, 0.15) is 5.76 Å². The van der Waals surface area contributed by atoms with Gasteiger partial charge in [-0.3, -0.25) is 4.79 Å². The molecule has 0 radical (unpaired) electrons. The second kappa shape index (κ2) is 6.09. The third-order valence-electron chi connectivity index (χ3n) is 2.79. The number of rotatable bonds is 4. The summed E-state index contributed by atoms with van der Waals surface area (Å²) >= 11 is 0. The van der Waals surface area contributed by atoms with E-state index < -0.39 is 17.0 Å². The molecule has 0 aliphatic heterocycles. The number of methoxy groups -OCH3 is 1. The van der Waals surface area contributed by atoms with Gasteiger partial charge in [-0.05, 0) is 30.3 Å². The topological polar surface area (TPSA) is 55.8 Å². The van der Waals surface area contributed by atoms with Gasteiger partial charge >= 0.3 is 0 Å². The lowest BCUT2D eigenvalue weighted by molar-refractivity contribution is 0.370. The minimum absolute atomic E-state index is 0.122. The molecule has 0 spiro atoms. The minimum atomic E-state index is -0.663. The first-order valence-electron chi connectivity index (χ1n) is 6.06. The number of hydrogen-bond acceptors (Lipinski definition) is 4. The van der Waals surface area contributed by atoms with Crippen LogP contribution in [-0.4, -0.2) is 12.2 Å². The zero-order valence-corrected chi connectivity index (χ0v) is 11.3. The van der Waals surface area contributed by atoms with Gasteiger partial charge in [-0.15, -0.1) is 0 Å². The smallest absolute Gasteiger partial charge is 0.224 e. The van der Waals surface area contributed by atoms with Crippen LogP contribution in [0.4, 0.5) is 4.39 Å². The quantitative estimate of drug-likeness (QED) is 0.877. The van der Waals surface area contributed by atoms with Crippen molar-refractivity contribution in [2.24, 2.45) is 0 Å². The number of aromatic hydroxyl groups is 1. The van der Waals surface area contributed by atoms with Gasteiger partial charge in [-0.1, -0.05) is 18.7 Å². The average Bonchev–Trinajstić information content (AvgIpc) is 2.64. The van der Waals surface area contributed by atoms with Gasteiger partial charge in [0, 0.05) is 5.56 Å². The highest BCUT2D eigenvalue weighted by molar-refractivity contribution is 5.58. The SMILES string of the molecule is C=C(OC)c1ccc(Oc2ccccc(=O)c2O)c(F)c1. The summed E-state index contributed by atoms with van der Waals surface area (Å²) in [6.07, 6.45) is 0. The molecule has 0 fully saturated rings. The molecule has 0 amide bonds. The fourth-order valence-corrected chi connectivity index (χ4v) is 1.64. The molecule has 5 heteroatoms. The van der Waals surface area contributed by atoms with Crippen LogP contribution in [0.15, 0.2) is 53.8 Å². The Morgan fingerprint density at radius 3 is 2.57 bits per heavy atom. The summed E-state index contributed by atoms with van der Waals surface area (Å²) in [7, 11) is 1.43. The van der Waals surface area contributed by atoms with E-state index >= 15 is 0 Å². The summed E-state index contributed by atoms with van der Waals surface area (Å²) < 4.78 is 24.1. The fourth-order valence-electron chi connectivity index (χ4n) is 1.64. The molecule has 2 aromatic carbocycles. The van der Waals surface area contributed by atoms with Gasteiger partial charge in [0.15, 0.2) is 17.3 Å². The van der Waals surface area contributed by atoms with Gasteiger partial charge in [0.05, 0.1) is 7.11 Å². The molecule has 0 bridgehead atoms. The highest BCUT2D eigenvalue weighted by Gasteiger charge is 2.11. The molecule has 108 valence electrons. The highest BCUT2D eigenvalue weighted by Crippen LogP contribution is 2.30. The second-order valence-electron chi connectivity index (χ2n) is 4.17. The summed E-state index contributed by atoms with van der Waals surface area (Å²) in [6, 6.07) is 9.64. The van der Waals surface area contributed by atoms with Crippen molar-refractivity contribution in [3.63, 3.8) is 0 Å². The second-order valence-corrected chi connectivity index (χ2v) is 4.17. The number of hydrogen-bond donors (Lipinski definition) is 1. The molecule has 0 atom stereocenters. The van der Waals surface area contributed by atoms with Crippen molar-refractivity contribution in [2.45, 2.75) is 0 Å². The van der Waals surface area contributed by atoms with E-state index in [2.05, 4.69) is 6.58 Å². The summed E-state index contributed by atoms with van der Waals surface area (Å²) in [6.45, 7) is 3.62. The Labute approximate surface area is 120 Å². The van der Waals surface area contributed by atoms with Crippen LogP contribution in [0.2, 0.25) is 0 Å². The van der Waals surface area contributed by atoms with Gasteiger partial charge < -0.3 is 14.6 Å². The molecule has 1 N–H and O–H groups in total. The lowest BCUT2D eigenvalue weighted by Crippen LogP contribution is -1.96. The van der Waals surface area contributed by atoms with E-state index in [9.17, 15) is 14.3 Å². The largest absolute Gasteiger partial charge is 0.502 e. The lowest BCUT2D eigenvalue weighted by Gasteiger charge is -2.09. The van der Waals surface area contributed by atoms with Crippen LogP contribution in [0.1, 0.15) is 5.56 Å². The van der Waals surface area contributed by atoms with Crippen LogP contribution in [0, 0.1) is 5.82 Å². The molecule has 0 heterocycles. The monoisotopic (exact) mass is 288 g/mol. The molecule has 2 rings (SSSR count). The summed E-state index contributed by atoms with van der Waals surface area (Å²) in [5.74, 6) is -1.17. The molecule has 0 saturated heterocycles. The Kier molecular flexibility index (Phi) is 4.23. The van der Waals surface area contributed by atoms with E-state index in [1.165, 1.54) is 43.5 Å². The van der Waals surface area contributed by atoms with Crippen molar-refractivity contribution in [1.29, 1.82) is 0 Å². The maximum absolute atomic E-state index is 14.0. The Morgan fingerprint density at radius 2 is 1.90 bits per heavy atom. The van der Waals surface area contributed by atoms with Crippen LogP contribution in [0.3, 0.4) is 0 Å². The summed E-state index contributed by atoms with van der Waals surface area (Å²) in [4.78, 5) is 11.4. The van der Waals surface area contributed by atoms with Gasteiger partial charge in [0.2, 0.25) is 11.2 Å². The van der Waals surface area contributed by atoms with E-state index in [1.54, 1.807) is 6.07 Å². The molecule has 0 unspecified atom stereocenters. The Bertz CT molecular complexity index is 740. The summed E-state index contributed by atoms with van der Waals surface area (Å²) in [5, 5.41) is 9.70. The molecular weight excluding hydrogens is 275 g/mol. The number of ether oxygens (including phenoxy) is 2. The zero-order chi connectivity index (χ0) is 15.4. The first kappa shape index (κ1) is 14.6. The van der Waals surface area contributed by atoms with Crippen molar-refractivity contribution < 1.29 is 19.0 Å². The predicted molar refractivity (Wildman–Crippen MR) is 76.9 cm³/mol. The Morgan fingerprint density at radius 1 is 1.19 bits per heavy atom. The van der Waals surface area contributed by atoms with Crippen molar-refractivity contribution in [2.75, 3.05) is 7.11 Å². The molecule has 21 heavy (non-hydrogen) atoms. The van der Waals surface area contributed by atoms with Crippen molar-refractivity contribution in [3.05, 3.63) is 70.6 Å². The molecule has 0 saturated carbocycles. The predicted octanol–water partition coefficient (Wildman–Crippen LogP) is 3.30. The van der Waals surface area contributed by atoms with Crippen LogP contribution in [0.25, 0.3) is 5.76 Å². The molecule has 0 aromatic heterocycles. The molecule has 4 nitrogen and oxygen atoms in total. The standard InChI is InChI=1S/C16H13FO4/c1-10(20-2)11-7-8-14(12(17)9-11)21-15-6-4-3-5-13(18)16(15)19/h3-9H,1H2,2H3,(H,18,19). The minimum Gasteiger partial charge on any atom is -0.502 e. The Balaban J connectivity index is 2.38. The van der Waals surface area contributed by atoms with E-state index in [0.717, 1.165) is 0 Å². The van der Waals surface area contributed by atoms with Crippen molar-refractivity contribution >= 4 is 5.76 Å². The first-order chi connectivity index (χ1) is 10.0. The van der Waals surface area contributed by atoms with E-state index in [0.29, 0.717) is 11.3 Å². The number of benzene rings is 1. The maximum Gasteiger partial charge on any atom is 0.224 e. The van der Waals surface area contributed by atoms with Crippen LogP contribution in [-0.2, 0) is 4.74 Å². The lowest BCUT2D eigenvalue weighted by atomic mass is 10.2. The zero-order valence-electron chi connectivity index (χ0n) is 11.3. The third-order valence-corrected chi connectivity index (χ3v) is 2.79. The van der Waals surface area contributed by atoms with Crippen molar-refractivity contribution in [1.82, 2.24) is 0 Å². The van der Waals surface area contributed by atoms with Gasteiger partial charge in [-0.25, -0.2) is 4.39 Å². The summed E-state index contributed by atoms with van der Waals surface area (Å²) in [5.41, 5.74) is -0.144. The average molecular weight is 288 g/mol. The van der Waals surface area contributed by atoms with Gasteiger partial charge in [-0.2, -0.15) is 0 Å². The third kappa shape index (κ3) is 3.20. The Hall–Kier alpha value is -2.82. The number of halogens is 1. The van der Waals surface area contributed by atoms with Crippen LogP contribution in [0.5, 0.6) is 17.2 Å². The molecular formula is C16H13FO4. The highest BCUT2D eigenvalue weighted by atomic mass is 19.1. The normalized spacial score (nSPS) is 10.0. The van der Waals surface area contributed by atoms with Crippen LogP contribution >= 0.6 is 0 Å². The molecule has 2 aromatic rings. The molecule has 0 aliphatic rings.